The highest BCUT2D eigenvalue weighted by Gasteiger charge is 2.24. The van der Waals surface area contributed by atoms with E-state index in [2.05, 4.69) is 17.1 Å². The van der Waals surface area contributed by atoms with Gasteiger partial charge in [-0.3, -0.25) is 4.99 Å². The molecule has 1 heteroatoms. The molecule has 0 bridgehead atoms. The Hall–Kier alpha value is -1.37. The van der Waals surface area contributed by atoms with Crippen LogP contribution in [0.3, 0.4) is 0 Å². The highest BCUT2D eigenvalue weighted by atomic mass is 14.8. The number of nitrogens with zero attached hydrogens (tertiary/aromatic N) is 1. The van der Waals surface area contributed by atoms with Gasteiger partial charge in [-0.2, -0.15) is 0 Å². The first-order valence-corrected chi connectivity index (χ1v) is 3.26. The van der Waals surface area contributed by atoms with Gasteiger partial charge in [0.1, 0.15) is 0 Å². The summed E-state index contributed by atoms with van der Waals surface area (Å²) in [6.07, 6.45) is 11.2. The zero-order valence-electron chi connectivity index (χ0n) is 5.26. The molecule has 2 aliphatic carbocycles. The standard InChI is InChI=1S/C9H4N/c1-2-7-5-10-8-4-3-6(1)9(7)8/h1,3-5H. The van der Waals surface area contributed by atoms with Crippen LogP contribution in [0, 0.1) is 6.08 Å². The molecule has 0 saturated heterocycles. The fourth-order valence-electron chi connectivity index (χ4n) is 1.47. The van der Waals surface area contributed by atoms with Gasteiger partial charge in [-0.15, -0.1) is 0 Å². The molecule has 0 aromatic rings. The van der Waals surface area contributed by atoms with Gasteiger partial charge in [0, 0.05) is 17.4 Å². The van der Waals surface area contributed by atoms with Gasteiger partial charge in [-0.25, -0.2) is 0 Å². The van der Waals surface area contributed by atoms with Crippen molar-refractivity contribution in [2.24, 2.45) is 4.99 Å². The summed E-state index contributed by atoms with van der Waals surface area (Å²) in [6.45, 7) is 0. The molecule has 1 nitrogen and oxygen atoms in total. The van der Waals surface area contributed by atoms with Gasteiger partial charge in [0.25, 0.3) is 0 Å². The molecule has 1 heterocycles. The normalized spacial score (nSPS) is 24.0. The molecule has 0 spiro atoms. The van der Waals surface area contributed by atoms with Crippen molar-refractivity contribution in [1.29, 1.82) is 0 Å². The second kappa shape index (κ2) is 1.21. The molecular formula is C9H4N. The van der Waals surface area contributed by atoms with Crippen LogP contribution < -0.4 is 0 Å². The topological polar surface area (TPSA) is 12.4 Å². The van der Waals surface area contributed by atoms with Crippen molar-refractivity contribution >= 4 is 6.21 Å². The summed E-state index contributed by atoms with van der Waals surface area (Å²) >= 11 is 0. The van der Waals surface area contributed by atoms with Crippen molar-refractivity contribution < 1.29 is 0 Å². The Kier molecular flexibility index (Phi) is 0.539. The van der Waals surface area contributed by atoms with E-state index in [4.69, 9.17) is 0 Å². The van der Waals surface area contributed by atoms with Crippen LogP contribution in [0.15, 0.2) is 45.6 Å². The van der Waals surface area contributed by atoms with E-state index in [1.807, 2.05) is 18.4 Å². The summed E-state index contributed by atoms with van der Waals surface area (Å²) in [7, 11) is 0. The molecule has 0 unspecified atom stereocenters. The van der Waals surface area contributed by atoms with Gasteiger partial charge in [0.15, 0.2) is 0 Å². The Bertz CT molecular complexity index is 328. The quantitative estimate of drug-likeness (QED) is 0.467. The molecule has 0 amide bonds. The largest absolute Gasteiger partial charge is 0.256 e. The maximum Gasteiger partial charge on any atom is 0.0715 e. The lowest BCUT2D eigenvalue weighted by atomic mass is 10.1. The molecule has 0 aromatic carbocycles. The van der Waals surface area contributed by atoms with Gasteiger partial charge in [-0.05, 0) is 23.8 Å². The van der Waals surface area contributed by atoms with Gasteiger partial charge in [0.2, 0.25) is 0 Å². The van der Waals surface area contributed by atoms with E-state index in [-0.39, 0.29) is 0 Å². The third-order valence-corrected chi connectivity index (χ3v) is 1.95. The molecule has 0 N–H and O–H groups in total. The van der Waals surface area contributed by atoms with Crippen LogP contribution in [0.1, 0.15) is 0 Å². The Balaban J connectivity index is 2.43. The monoisotopic (exact) mass is 126 g/mol. The smallest absolute Gasteiger partial charge is 0.0715 e. The van der Waals surface area contributed by atoms with Gasteiger partial charge in [-0.1, -0.05) is 6.08 Å². The molecule has 0 aromatic heterocycles. The van der Waals surface area contributed by atoms with E-state index < -0.39 is 0 Å². The average molecular weight is 126 g/mol. The number of aliphatic imine (C=N–C) groups is 1. The Morgan fingerprint density at radius 2 is 2.30 bits per heavy atom. The molecule has 1 aliphatic heterocycles. The second-order valence-corrected chi connectivity index (χ2v) is 2.51. The number of allylic oxidation sites excluding steroid dienone is 6. The highest BCUT2D eigenvalue weighted by Crippen LogP contribution is 2.37. The van der Waals surface area contributed by atoms with Gasteiger partial charge >= 0.3 is 0 Å². The predicted molar refractivity (Wildman–Crippen MR) is 39.5 cm³/mol. The van der Waals surface area contributed by atoms with Gasteiger partial charge in [0.05, 0.1) is 5.70 Å². The molecule has 3 rings (SSSR count). The average Bonchev–Trinajstić information content (AvgIpc) is 2.56. The van der Waals surface area contributed by atoms with Gasteiger partial charge < -0.3 is 0 Å². The van der Waals surface area contributed by atoms with Crippen molar-refractivity contribution in [3.05, 3.63) is 46.7 Å². The van der Waals surface area contributed by atoms with Crippen LogP contribution in [-0.2, 0) is 0 Å². The van der Waals surface area contributed by atoms with E-state index in [1.54, 1.807) is 0 Å². The lowest BCUT2D eigenvalue weighted by Crippen LogP contribution is -1.77. The molecule has 0 fully saturated rings. The number of hydrogen-bond donors (Lipinski definition) is 0. The summed E-state index contributed by atoms with van der Waals surface area (Å²) in [6, 6.07) is 0. The summed E-state index contributed by atoms with van der Waals surface area (Å²) in [5.74, 6) is 0. The maximum absolute atomic E-state index is 4.21. The minimum absolute atomic E-state index is 1.10. The van der Waals surface area contributed by atoms with Crippen LogP contribution in [0.5, 0.6) is 0 Å². The summed E-state index contributed by atoms with van der Waals surface area (Å²) in [4.78, 5) is 4.21. The van der Waals surface area contributed by atoms with Crippen molar-refractivity contribution in [2.45, 2.75) is 0 Å². The molecule has 0 atom stereocenters. The first-order chi connectivity index (χ1) is 4.95. The third kappa shape index (κ3) is 0.320. The summed E-state index contributed by atoms with van der Waals surface area (Å²) in [5.41, 5.74) is 4.80. The van der Waals surface area contributed by atoms with Crippen molar-refractivity contribution in [2.75, 3.05) is 0 Å². The summed E-state index contributed by atoms with van der Waals surface area (Å²) < 4.78 is 0. The van der Waals surface area contributed by atoms with Crippen molar-refractivity contribution in [3.63, 3.8) is 0 Å². The van der Waals surface area contributed by atoms with Crippen LogP contribution in [-0.4, -0.2) is 6.21 Å². The van der Waals surface area contributed by atoms with Crippen LogP contribution >= 0.6 is 0 Å². The number of hydrogen-bond acceptors (Lipinski definition) is 1. The first kappa shape index (κ1) is 4.45. The maximum atomic E-state index is 4.21. The Labute approximate surface area is 58.8 Å². The minimum Gasteiger partial charge on any atom is -0.256 e. The zero-order valence-corrected chi connectivity index (χ0v) is 5.26. The van der Waals surface area contributed by atoms with E-state index in [0.717, 1.165) is 11.3 Å². The fraction of sp³-hybridized carbons (Fsp3) is 0. The van der Waals surface area contributed by atoms with E-state index >= 15 is 0 Å². The third-order valence-electron chi connectivity index (χ3n) is 1.95. The molecule has 45 valence electrons. The Morgan fingerprint density at radius 1 is 1.30 bits per heavy atom. The van der Waals surface area contributed by atoms with Crippen molar-refractivity contribution in [3.8, 4) is 0 Å². The lowest BCUT2D eigenvalue weighted by Gasteiger charge is -1.91. The summed E-state index contributed by atoms with van der Waals surface area (Å²) in [5, 5.41) is 0. The molecule has 1 radical (unpaired) electrons. The fourth-order valence-corrected chi connectivity index (χ4v) is 1.47. The minimum atomic E-state index is 1.10. The first-order valence-electron chi connectivity index (χ1n) is 3.26. The van der Waals surface area contributed by atoms with Crippen LogP contribution in [0.25, 0.3) is 0 Å². The van der Waals surface area contributed by atoms with Crippen LogP contribution in [0.4, 0.5) is 0 Å². The SMILES string of the molecule is [C]1=CC2=CC=C3N=CC1=C23. The van der Waals surface area contributed by atoms with E-state index in [0.29, 0.717) is 0 Å². The predicted octanol–water partition coefficient (Wildman–Crippen LogP) is 1.56. The highest BCUT2D eigenvalue weighted by molar-refractivity contribution is 5.94. The lowest BCUT2D eigenvalue weighted by molar-refractivity contribution is 1.41. The molecule has 0 saturated carbocycles. The molecule has 10 heavy (non-hydrogen) atoms. The van der Waals surface area contributed by atoms with Crippen LogP contribution in [0.2, 0.25) is 0 Å². The second-order valence-electron chi connectivity index (χ2n) is 2.51. The van der Waals surface area contributed by atoms with E-state index in [9.17, 15) is 0 Å². The zero-order chi connectivity index (χ0) is 6.55. The Morgan fingerprint density at radius 3 is 3.30 bits per heavy atom. The molecule has 3 aliphatic rings. The number of rotatable bonds is 0. The van der Waals surface area contributed by atoms with Crippen molar-refractivity contribution in [1.82, 2.24) is 0 Å². The van der Waals surface area contributed by atoms with E-state index in [1.165, 1.54) is 11.1 Å². The molecular weight excluding hydrogens is 122 g/mol.